The summed E-state index contributed by atoms with van der Waals surface area (Å²) >= 11 is 0.901. The van der Waals surface area contributed by atoms with E-state index in [9.17, 15) is 19.1 Å². The van der Waals surface area contributed by atoms with E-state index in [2.05, 4.69) is 16.8 Å². The Hall–Kier alpha value is -2.96. The molecule has 2 amide bonds. The third-order valence-corrected chi connectivity index (χ3v) is 5.85. The number of carbonyl (C=O) groups is 2. The lowest BCUT2D eigenvalue weighted by atomic mass is 10.0. The van der Waals surface area contributed by atoms with Gasteiger partial charge in [0.2, 0.25) is 5.60 Å². The predicted octanol–water partition coefficient (Wildman–Crippen LogP) is 1.26. The number of aliphatic hydroxyl groups is 1. The van der Waals surface area contributed by atoms with Crippen LogP contribution in [0.4, 0.5) is 4.39 Å². The van der Waals surface area contributed by atoms with Crippen molar-refractivity contribution in [3.05, 3.63) is 33.6 Å². The first-order chi connectivity index (χ1) is 13.3. The molecule has 4 rings (SSSR count). The van der Waals surface area contributed by atoms with Gasteiger partial charge in [0, 0.05) is 31.1 Å². The molecule has 1 aromatic heterocycles. The summed E-state index contributed by atoms with van der Waals surface area (Å²) in [4.78, 5) is 29.4. The number of hydrogen-bond acceptors (Lipinski definition) is 6. The summed E-state index contributed by atoms with van der Waals surface area (Å²) in [5, 5.41) is 10.5. The highest BCUT2D eigenvalue weighted by Crippen LogP contribution is 2.42. The fraction of sp³-hybridized carbons (Fsp3) is 0.316. The molecule has 1 fully saturated rings. The SMILES string of the molecule is CN1CCC(O)(C#Cc2ccc3c(c2)-c2nc(C(N)=O)sc2C(F)CO3)C1=O. The second-order valence-corrected chi connectivity index (χ2v) is 7.70. The highest BCUT2D eigenvalue weighted by atomic mass is 32.1. The van der Waals surface area contributed by atoms with Gasteiger partial charge in [-0.15, -0.1) is 11.3 Å². The molecule has 9 heteroatoms. The van der Waals surface area contributed by atoms with Crippen LogP contribution in [0, 0.1) is 11.8 Å². The maximum absolute atomic E-state index is 14.5. The van der Waals surface area contributed by atoms with Crippen LogP contribution >= 0.6 is 11.3 Å². The van der Waals surface area contributed by atoms with E-state index in [1.54, 1.807) is 25.2 Å². The largest absolute Gasteiger partial charge is 0.489 e. The number of halogens is 1. The maximum Gasteiger partial charge on any atom is 0.277 e. The third-order valence-electron chi connectivity index (χ3n) is 4.69. The number of aromatic nitrogens is 1. The van der Waals surface area contributed by atoms with E-state index in [1.807, 2.05) is 0 Å². The molecule has 28 heavy (non-hydrogen) atoms. The Balaban J connectivity index is 1.76. The summed E-state index contributed by atoms with van der Waals surface area (Å²) in [6, 6.07) is 4.91. The smallest absolute Gasteiger partial charge is 0.277 e. The van der Waals surface area contributed by atoms with Crippen LogP contribution in [0.1, 0.15) is 32.8 Å². The molecule has 0 saturated carbocycles. The number of amides is 2. The molecule has 3 N–H and O–H groups in total. The number of carbonyl (C=O) groups excluding carboxylic acids is 2. The maximum atomic E-state index is 14.5. The first-order valence-corrected chi connectivity index (χ1v) is 9.33. The van der Waals surface area contributed by atoms with Gasteiger partial charge < -0.3 is 20.5 Å². The summed E-state index contributed by atoms with van der Waals surface area (Å²) in [6.07, 6.45) is -1.21. The summed E-state index contributed by atoms with van der Waals surface area (Å²) in [5.74, 6) is 4.69. The molecule has 1 saturated heterocycles. The molecule has 0 spiro atoms. The van der Waals surface area contributed by atoms with Crippen LogP contribution in [0.5, 0.6) is 5.75 Å². The fourth-order valence-electron chi connectivity index (χ4n) is 3.15. The minimum absolute atomic E-state index is 0.0193. The van der Waals surface area contributed by atoms with Gasteiger partial charge in [-0.05, 0) is 18.2 Å². The Morgan fingerprint density at radius 3 is 3.00 bits per heavy atom. The van der Waals surface area contributed by atoms with E-state index in [4.69, 9.17) is 10.5 Å². The molecule has 2 unspecified atom stereocenters. The predicted molar refractivity (Wildman–Crippen MR) is 99.5 cm³/mol. The van der Waals surface area contributed by atoms with Gasteiger partial charge in [-0.2, -0.15) is 0 Å². The molecular formula is C19H16FN3O4S. The first-order valence-electron chi connectivity index (χ1n) is 8.51. The number of ether oxygens (including phenoxy) is 1. The highest BCUT2D eigenvalue weighted by molar-refractivity contribution is 7.14. The van der Waals surface area contributed by atoms with Crippen LogP contribution in [0.3, 0.4) is 0 Å². The van der Waals surface area contributed by atoms with Crippen molar-refractivity contribution in [2.24, 2.45) is 5.73 Å². The number of benzene rings is 1. The van der Waals surface area contributed by atoms with Crippen molar-refractivity contribution in [2.75, 3.05) is 20.2 Å². The molecule has 1 aromatic carbocycles. The molecule has 0 radical (unpaired) electrons. The zero-order valence-corrected chi connectivity index (χ0v) is 15.7. The van der Waals surface area contributed by atoms with Crippen molar-refractivity contribution in [2.45, 2.75) is 18.2 Å². The molecule has 2 aliphatic rings. The number of nitrogens with zero attached hydrogens (tertiary/aromatic N) is 2. The Morgan fingerprint density at radius 1 is 1.54 bits per heavy atom. The zero-order chi connectivity index (χ0) is 20.1. The first kappa shape index (κ1) is 18.4. The van der Waals surface area contributed by atoms with Gasteiger partial charge in [-0.3, -0.25) is 9.59 Å². The van der Waals surface area contributed by atoms with Gasteiger partial charge in [-0.25, -0.2) is 9.37 Å². The molecule has 7 nitrogen and oxygen atoms in total. The average Bonchev–Trinajstić information content (AvgIpc) is 3.20. The van der Waals surface area contributed by atoms with Crippen molar-refractivity contribution in [3.63, 3.8) is 0 Å². The quantitative estimate of drug-likeness (QED) is 0.700. The van der Waals surface area contributed by atoms with Gasteiger partial charge in [0.15, 0.2) is 11.2 Å². The Bertz CT molecular complexity index is 1060. The third kappa shape index (κ3) is 3.00. The van der Waals surface area contributed by atoms with Crippen LogP contribution in [0.2, 0.25) is 0 Å². The second kappa shape index (κ2) is 6.58. The Morgan fingerprint density at radius 2 is 2.32 bits per heavy atom. The van der Waals surface area contributed by atoms with E-state index < -0.39 is 23.6 Å². The molecule has 144 valence electrons. The summed E-state index contributed by atoms with van der Waals surface area (Å²) in [7, 11) is 1.61. The van der Waals surface area contributed by atoms with Gasteiger partial charge in [-0.1, -0.05) is 11.8 Å². The van der Waals surface area contributed by atoms with Crippen LogP contribution < -0.4 is 10.5 Å². The number of alkyl halides is 1. The summed E-state index contributed by atoms with van der Waals surface area (Å²) in [6.45, 7) is 0.226. The van der Waals surface area contributed by atoms with E-state index in [0.29, 0.717) is 23.4 Å². The van der Waals surface area contributed by atoms with E-state index in [-0.39, 0.29) is 28.6 Å². The van der Waals surface area contributed by atoms with Gasteiger partial charge >= 0.3 is 0 Å². The standard InChI is InChI=1S/C19H16FN3O4S/c1-23-7-6-19(26,18(23)25)5-4-10-2-3-13-11(8-10)14-15(12(20)9-27-13)28-17(22-14)16(21)24/h2-3,8,12,26H,6-7,9H2,1H3,(H2,21,24). The molecule has 2 aromatic rings. The second-order valence-electron chi connectivity index (χ2n) is 6.67. The van der Waals surface area contributed by atoms with Crippen molar-refractivity contribution >= 4 is 23.2 Å². The van der Waals surface area contributed by atoms with Gasteiger partial charge in [0.1, 0.15) is 12.4 Å². The molecule has 2 aliphatic heterocycles. The van der Waals surface area contributed by atoms with Crippen molar-refractivity contribution in [1.82, 2.24) is 9.88 Å². The Kier molecular flexibility index (Phi) is 4.33. The number of rotatable bonds is 1. The molecular weight excluding hydrogens is 385 g/mol. The normalized spacial score (nSPS) is 23.2. The van der Waals surface area contributed by atoms with Crippen LogP contribution in [0.15, 0.2) is 18.2 Å². The minimum Gasteiger partial charge on any atom is -0.489 e. The lowest BCUT2D eigenvalue weighted by molar-refractivity contribution is -0.137. The summed E-state index contributed by atoms with van der Waals surface area (Å²) < 4.78 is 20.0. The Labute approximate surface area is 163 Å². The number of thiazole rings is 1. The molecule has 2 atom stereocenters. The van der Waals surface area contributed by atoms with Crippen LogP contribution in [-0.4, -0.2) is 52.6 Å². The minimum atomic E-state index is -1.72. The average molecular weight is 401 g/mol. The number of hydrogen-bond donors (Lipinski definition) is 2. The van der Waals surface area contributed by atoms with E-state index in [0.717, 1.165) is 11.3 Å². The van der Waals surface area contributed by atoms with Crippen LogP contribution in [0.25, 0.3) is 11.3 Å². The molecule has 0 bridgehead atoms. The van der Waals surface area contributed by atoms with Crippen molar-refractivity contribution < 1.29 is 23.8 Å². The molecule has 0 aliphatic carbocycles. The van der Waals surface area contributed by atoms with Gasteiger partial charge in [0.05, 0.1) is 10.6 Å². The monoisotopic (exact) mass is 401 g/mol. The number of fused-ring (bicyclic) bond motifs is 3. The van der Waals surface area contributed by atoms with Crippen molar-refractivity contribution in [3.8, 4) is 28.8 Å². The highest BCUT2D eigenvalue weighted by Gasteiger charge is 2.42. The zero-order valence-electron chi connectivity index (χ0n) is 14.9. The van der Waals surface area contributed by atoms with Gasteiger partial charge in [0.25, 0.3) is 11.8 Å². The van der Waals surface area contributed by atoms with Crippen LogP contribution in [-0.2, 0) is 4.79 Å². The lowest BCUT2D eigenvalue weighted by Gasteiger charge is -2.13. The summed E-state index contributed by atoms with van der Waals surface area (Å²) in [5.41, 5.74) is 4.83. The van der Waals surface area contributed by atoms with E-state index in [1.165, 1.54) is 4.90 Å². The van der Waals surface area contributed by atoms with Crippen molar-refractivity contribution in [1.29, 1.82) is 0 Å². The number of nitrogens with two attached hydrogens (primary N) is 1. The number of primary amides is 1. The number of likely N-dealkylation sites (N-methyl/N-ethyl adjacent to an activating group) is 1. The fourth-order valence-corrected chi connectivity index (χ4v) is 4.04. The number of likely N-dealkylation sites (tertiary alicyclic amines) is 1. The topological polar surface area (TPSA) is 106 Å². The van der Waals surface area contributed by atoms with E-state index >= 15 is 0 Å². The lowest BCUT2D eigenvalue weighted by Crippen LogP contribution is -2.37. The molecule has 3 heterocycles.